The Bertz CT molecular complexity index is 350. The highest BCUT2D eigenvalue weighted by molar-refractivity contribution is 4.98. The van der Waals surface area contributed by atoms with E-state index in [0.29, 0.717) is 13.1 Å². The molecule has 5 nitrogen and oxygen atoms in total. The van der Waals surface area contributed by atoms with Crippen LogP contribution >= 0.6 is 0 Å². The molecule has 2 heterocycles. The Kier molecular flexibility index (Phi) is 3.30. The summed E-state index contributed by atoms with van der Waals surface area (Å²) < 4.78 is 0. The lowest BCUT2D eigenvalue weighted by molar-refractivity contribution is 0.644. The van der Waals surface area contributed by atoms with Gasteiger partial charge in [-0.2, -0.15) is 10.2 Å². The SMILES string of the molecule is c1cnc(CNCc2cccnn2)nc1. The van der Waals surface area contributed by atoms with Crippen molar-refractivity contribution in [3.05, 3.63) is 48.3 Å². The van der Waals surface area contributed by atoms with Crippen molar-refractivity contribution in [1.82, 2.24) is 25.5 Å². The van der Waals surface area contributed by atoms with Crippen LogP contribution in [0.5, 0.6) is 0 Å². The molecule has 76 valence electrons. The molecule has 0 amide bonds. The van der Waals surface area contributed by atoms with Crippen molar-refractivity contribution in [3.8, 4) is 0 Å². The first-order chi connectivity index (χ1) is 7.45. The van der Waals surface area contributed by atoms with Gasteiger partial charge in [0.1, 0.15) is 5.82 Å². The molecule has 5 heteroatoms. The van der Waals surface area contributed by atoms with Crippen LogP contribution in [0.15, 0.2) is 36.8 Å². The maximum atomic E-state index is 4.10. The average Bonchev–Trinajstić information content (AvgIpc) is 2.32. The summed E-state index contributed by atoms with van der Waals surface area (Å²) in [6.07, 6.45) is 5.11. The molecule has 2 aromatic heterocycles. The molecule has 0 aromatic carbocycles. The van der Waals surface area contributed by atoms with Gasteiger partial charge in [-0.05, 0) is 18.2 Å². The minimum atomic E-state index is 0.636. The number of aromatic nitrogens is 4. The molecule has 0 bridgehead atoms. The highest BCUT2D eigenvalue weighted by Crippen LogP contribution is 1.91. The molecular formula is C10H11N5. The summed E-state index contributed by atoms with van der Waals surface area (Å²) in [7, 11) is 0. The highest BCUT2D eigenvalue weighted by Gasteiger charge is 1.95. The van der Waals surface area contributed by atoms with Gasteiger partial charge in [0.25, 0.3) is 0 Å². The second-order valence-electron chi connectivity index (χ2n) is 2.98. The second-order valence-corrected chi connectivity index (χ2v) is 2.98. The standard InChI is InChI=1S/C10H11N5/c1-3-9(15-14-6-1)7-11-8-10-12-4-2-5-13-10/h1-6,11H,7-8H2. The quantitative estimate of drug-likeness (QED) is 0.782. The molecule has 0 fully saturated rings. The van der Waals surface area contributed by atoms with Gasteiger partial charge >= 0.3 is 0 Å². The average molecular weight is 201 g/mol. The predicted molar refractivity (Wildman–Crippen MR) is 54.6 cm³/mol. The molecule has 0 saturated heterocycles. The van der Waals surface area contributed by atoms with E-state index < -0.39 is 0 Å². The predicted octanol–water partition coefficient (Wildman–Crippen LogP) is 0.556. The van der Waals surface area contributed by atoms with E-state index >= 15 is 0 Å². The molecule has 0 radical (unpaired) electrons. The number of nitrogens with one attached hydrogen (secondary N) is 1. The van der Waals surface area contributed by atoms with Crippen molar-refractivity contribution in [1.29, 1.82) is 0 Å². The lowest BCUT2D eigenvalue weighted by Gasteiger charge is -2.01. The zero-order valence-corrected chi connectivity index (χ0v) is 8.17. The molecule has 0 aliphatic carbocycles. The van der Waals surface area contributed by atoms with Gasteiger partial charge in [-0.15, -0.1) is 0 Å². The zero-order chi connectivity index (χ0) is 10.3. The monoisotopic (exact) mass is 201 g/mol. The van der Waals surface area contributed by atoms with E-state index in [-0.39, 0.29) is 0 Å². The second kappa shape index (κ2) is 5.11. The maximum absolute atomic E-state index is 4.10. The van der Waals surface area contributed by atoms with Gasteiger partial charge in [0, 0.05) is 25.1 Å². The van der Waals surface area contributed by atoms with Crippen molar-refractivity contribution < 1.29 is 0 Å². The summed E-state index contributed by atoms with van der Waals surface area (Å²) in [6, 6.07) is 5.58. The van der Waals surface area contributed by atoms with Crippen molar-refractivity contribution in [3.63, 3.8) is 0 Å². The third kappa shape index (κ3) is 3.07. The summed E-state index contributed by atoms with van der Waals surface area (Å²) in [6.45, 7) is 1.31. The van der Waals surface area contributed by atoms with Gasteiger partial charge in [-0.3, -0.25) is 0 Å². The first kappa shape index (κ1) is 9.67. The lowest BCUT2D eigenvalue weighted by Crippen LogP contribution is -2.15. The third-order valence-corrected chi connectivity index (χ3v) is 1.84. The Morgan fingerprint density at radius 1 is 1.00 bits per heavy atom. The highest BCUT2D eigenvalue weighted by atomic mass is 15.1. The van der Waals surface area contributed by atoms with Crippen molar-refractivity contribution in [2.45, 2.75) is 13.1 Å². The van der Waals surface area contributed by atoms with Crippen LogP contribution in [0.1, 0.15) is 11.5 Å². The number of hydrogen-bond acceptors (Lipinski definition) is 5. The summed E-state index contributed by atoms with van der Waals surface area (Å²) in [5, 5.41) is 10.9. The van der Waals surface area contributed by atoms with Crippen molar-refractivity contribution in [2.24, 2.45) is 0 Å². The van der Waals surface area contributed by atoms with Crippen LogP contribution in [0, 0.1) is 0 Å². The Morgan fingerprint density at radius 2 is 1.87 bits per heavy atom. The van der Waals surface area contributed by atoms with E-state index in [1.165, 1.54) is 0 Å². The first-order valence-corrected chi connectivity index (χ1v) is 4.68. The first-order valence-electron chi connectivity index (χ1n) is 4.68. The summed E-state index contributed by atoms with van der Waals surface area (Å²) in [5.41, 5.74) is 0.911. The fourth-order valence-electron chi connectivity index (χ4n) is 1.15. The Balaban J connectivity index is 1.81. The van der Waals surface area contributed by atoms with E-state index in [1.54, 1.807) is 24.7 Å². The number of nitrogens with zero attached hydrogens (tertiary/aromatic N) is 4. The normalized spacial score (nSPS) is 10.1. The summed E-state index contributed by atoms with van der Waals surface area (Å²) in [4.78, 5) is 8.20. The molecule has 2 aromatic rings. The Hall–Kier alpha value is -1.88. The van der Waals surface area contributed by atoms with Gasteiger partial charge in [0.2, 0.25) is 0 Å². The Labute approximate surface area is 87.6 Å². The minimum Gasteiger partial charge on any atom is -0.304 e. The van der Waals surface area contributed by atoms with E-state index in [9.17, 15) is 0 Å². The van der Waals surface area contributed by atoms with Crippen LogP contribution in [-0.4, -0.2) is 20.2 Å². The number of hydrogen-bond donors (Lipinski definition) is 1. The van der Waals surface area contributed by atoms with Gasteiger partial charge in [0.15, 0.2) is 0 Å². The smallest absolute Gasteiger partial charge is 0.141 e. The van der Waals surface area contributed by atoms with Crippen LogP contribution in [0.4, 0.5) is 0 Å². The van der Waals surface area contributed by atoms with Crippen LogP contribution < -0.4 is 5.32 Å². The number of rotatable bonds is 4. The van der Waals surface area contributed by atoms with Gasteiger partial charge in [0.05, 0.1) is 12.2 Å². The molecule has 2 rings (SSSR count). The fraction of sp³-hybridized carbons (Fsp3) is 0.200. The maximum Gasteiger partial charge on any atom is 0.141 e. The molecule has 1 N–H and O–H groups in total. The van der Waals surface area contributed by atoms with Crippen molar-refractivity contribution >= 4 is 0 Å². The van der Waals surface area contributed by atoms with E-state index in [2.05, 4.69) is 25.5 Å². The van der Waals surface area contributed by atoms with E-state index in [4.69, 9.17) is 0 Å². The molecule has 0 spiro atoms. The lowest BCUT2D eigenvalue weighted by atomic mass is 10.4. The summed E-state index contributed by atoms with van der Waals surface area (Å²) in [5.74, 6) is 0.779. The molecule has 0 saturated carbocycles. The van der Waals surface area contributed by atoms with Crippen LogP contribution in [0.2, 0.25) is 0 Å². The topological polar surface area (TPSA) is 63.6 Å². The van der Waals surface area contributed by atoms with Gasteiger partial charge in [-0.25, -0.2) is 9.97 Å². The zero-order valence-electron chi connectivity index (χ0n) is 8.17. The van der Waals surface area contributed by atoms with E-state index in [0.717, 1.165) is 11.5 Å². The molecule has 15 heavy (non-hydrogen) atoms. The van der Waals surface area contributed by atoms with Crippen LogP contribution in [-0.2, 0) is 13.1 Å². The van der Waals surface area contributed by atoms with Gasteiger partial charge in [-0.1, -0.05) is 0 Å². The van der Waals surface area contributed by atoms with Gasteiger partial charge < -0.3 is 5.32 Å². The fourth-order valence-corrected chi connectivity index (χ4v) is 1.15. The summed E-state index contributed by atoms with van der Waals surface area (Å²) >= 11 is 0. The molecule has 0 atom stereocenters. The largest absolute Gasteiger partial charge is 0.304 e. The van der Waals surface area contributed by atoms with E-state index in [1.807, 2.05) is 12.1 Å². The van der Waals surface area contributed by atoms with Crippen LogP contribution in [0.25, 0.3) is 0 Å². The molecule has 0 unspecified atom stereocenters. The molecule has 0 aliphatic rings. The molecular weight excluding hydrogens is 190 g/mol. The Morgan fingerprint density at radius 3 is 2.60 bits per heavy atom. The minimum absolute atomic E-state index is 0.636. The van der Waals surface area contributed by atoms with Crippen molar-refractivity contribution in [2.75, 3.05) is 0 Å². The van der Waals surface area contributed by atoms with Crippen LogP contribution in [0.3, 0.4) is 0 Å². The third-order valence-electron chi connectivity index (χ3n) is 1.84. The molecule has 0 aliphatic heterocycles.